The monoisotopic (exact) mass is 697 g/mol. The summed E-state index contributed by atoms with van der Waals surface area (Å²) in [5.74, 6) is 0.164. The summed E-state index contributed by atoms with van der Waals surface area (Å²) in [4.78, 5) is 2.49. The highest BCUT2D eigenvalue weighted by Crippen LogP contribution is 2.61. The molecule has 0 N–H and O–H groups in total. The van der Waals surface area contributed by atoms with E-state index >= 15 is 0 Å². The van der Waals surface area contributed by atoms with Crippen LogP contribution in [-0.2, 0) is 0 Å². The highest BCUT2D eigenvalue weighted by atomic mass is 15.2. The van der Waals surface area contributed by atoms with Gasteiger partial charge in [-0.15, -0.1) is 0 Å². The van der Waals surface area contributed by atoms with E-state index in [-0.39, 0.29) is 12.0 Å². The molecule has 8 aromatic rings. The lowest BCUT2D eigenvalue weighted by atomic mass is 9.68. The van der Waals surface area contributed by atoms with Gasteiger partial charge in [0.05, 0.1) is 6.04 Å². The molecule has 0 aromatic heterocycles. The highest BCUT2D eigenvalue weighted by Gasteiger charge is 2.40. The summed E-state index contributed by atoms with van der Waals surface area (Å²) in [6.45, 7) is 0. The van der Waals surface area contributed by atoms with Crippen LogP contribution in [0.1, 0.15) is 17.0 Å². The van der Waals surface area contributed by atoms with Gasteiger partial charge in [0.15, 0.2) is 0 Å². The molecule has 0 saturated carbocycles. The molecule has 0 bridgehead atoms. The van der Waals surface area contributed by atoms with E-state index in [1.165, 1.54) is 105 Å². The van der Waals surface area contributed by atoms with Crippen molar-refractivity contribution in [3.8, 4) is 44.5 Å². The third-order valence-electron chi connectivity index (χ3n) is 12.3. The van der Waals surface area contributed by atoms with E-state index in [1.807, 2.05) is 0 Å². The Morgan fingerprint density at radius 3 is 1.51 bits per heavy atom. The maximum absolute atomic E-state index is 2.49. The second-order valence-corrected chi connectivity index (χ2v) is 15.0. The summed E-state index contributed by atoms with van der Waals surface area (Å²) in [6, 6.07) is 62.6. The van der Waals surface area contributed by atoms with Crippen molar-refractivity contribution in [3.63, 3.8) is 0 Å². The molecule has 1 heteroatoms. The number of anilines is 2. The van der Waals surface area contributed by atoms with Crippen molar-refractivity contribution in [1.82, 2.24) is 0 Å². The zero-order valence-corrected chi connectivity index (χ0v) is 30.2. The molecule has 0 amide bonds. The van der Waals surface area contributed by atoms with Crippen LogP contribution in [0.15, 0.2) is 211 Å². The Bertz CT molecular complexity index is 2870. The number of allylic oxidation sites excluding steroid dienone is 5. The first-order chi connectivity index (χ1) is 27.3. The Kier molecular flexibility index (Phi) is 6.53. The van der Waals surface area contributed by atoms with E-state index in [4.69, 9.17) is 0 Å². The Morgan fingerprint density at radius 1 is 0.418 bits per heavy atom. The van der Waals surface area contributed by atoms with Crippen molar-refractivity contribution in [2.45, 2.75) is 12.0 Å². The van der Waals surface area contributed by atoms with E-state index in [1.54, 1.807) is 0 Å². The zero-order valence-electron chi connectivity index (χ0n) is 30.2. The summed E-state index contributed by atoms with van der Waals surface area (Å²) >= 11 is 0. The van der Waals surface area contributed by atoms with Gasteiger partial charge < -0.3 is 4.90 Å². The van der Waals surface area contributed by atoms with Crippen LogP contribution >= 0.6 is 0 Å². The first kappa shape index (κ1) is 30.5. The number of hydrogen-bond acceptors (Lipinski definition) is 1. The van der Waals surface area contributed by atoms with Crippen LogP contribution in [0, 0.1) is 0 Å². The van der Waals surface area contributed by atoms with Crippen LogP contribution in [0.4, 0.5) is 11.4 Å². The molecule has 2 atom stereocenters. The number of fused-ring (bicyclic) bond motifs is 6. The van der Waals surface area contributed by atoms with Crippen LogP contribution in [0.3, 0.4) is 0 Å². The first-order valence-electron chi connectivity index (χ1n) is 19.4. The van der Waals surface area contributed by atoms with Gasteiger partial charge in [0, 0.05) is 17.3 Å². The molecule has 0 saturated heterocycles. The largest absolute Gasteiger partial charge is 0.330 e. The molecule has 4 aliphatic rings. The molecule has 12 rings (SSSR count). The van der Waals surface area contributed by atoms with Gasteiger partial charge in [0.25, 0.3) is 0 Å². The summed E-state index contributed by atoms with van der Waals surface area (Å²) in [5, 5.41) is 5.37. The zero-order chi connectivity index (χ0) is 36.0. The van der Waals surface area contributed by atoms with E-state index in [9.17, 15) is 0 Å². The van der Waals surface area contributed by atoms with Crippen molar-refractivity contribution in [3.05, 3.63) is 223 Å². The predicted octanol–water partition coefficient (Wildman–Crippen LogP) is 14.1. The van der Waals surface area contributed by atoms with Crippen molar-refractivity contribution in [1.29, 1.82) is 0 Å². The molecule has 256 valence electrons. The molecule has 0 spiro atoms. The lowest BCUT2D eigenvalue weighted by molar-refractivity contribution is 0.844. The van der Waals surface area contributed by atoms with Gasteiger partial charge in [0.1, 0.15) is 0 Å². The maximum Gasteiger partial charge on any atom is 0.0782 e. The minimum atomic E-state index is 0.0563. The lowest BCUT2D eigenvalue weighted by Gasteiger charge is -2.41. The van der Waals surface area contributed by atoms with Crippen LogP contribution < -0.4 is 4.90 Å². The minimum Gasteiger partial charge on any atom is -0.330 e. The van der Waals surface area contributed by atoms with Crippen molar-refractivity contribution in [2.24, 2.45) is 0 Å². The van der Waals surface area contributed by atoms with Crippen LogP contribution in [0.2, 0.25) is 0 Å². The standard InChI is InChI=1S/C54H35N/c1-5-16-34(17-6-1)48-38-24-13-14-25-39(38)49(35-18-7-2-8-19-35)54-46-31-29-43-41-32-33-47(55(36-20-9-3-10-21-36)37-22-11-4-12-23-37)44-27-15-26-40(50(41)44)42-28-30-45(53(48)54)52(46)51(42)43/h1-33,40,47H. The van der Waals surface area contributed by atoms with Crippen molar-refractivity contribution < 1.29 is 0 Å². The van der Waals surface area contributed by atoms with E-state index in [2.05, 4.69) is 205 Å². The molecular weight excluding hydrogens is 663 g/mol. The van der Waals surface area contributed by atoms with Crippen LogP contribution in [0.25, 0.3) is 71.6 Å². The van der Waals surface area contributed by atoms with E-state index in [0.717, 1.165) is 0 Å². The van der Waals surface area contributed by atoms with Crippen molar-refractivity contribution in [2.75, 3.05) is 4.90 Å². The van der Waals surface area contributed by atoms with Gasteiger partial charge >= 0.3 is 0 Å². The molecule has 55 heavy (non-hydrogen) atoms. The normalized spacial score (nSPS) is 17.0. The Balaban J connectivity index is 1.12. The molecule has 1 nitrogen and oxygen atoms in total. The Morgan fingerprint density at radius 2 is 0.927 bits per heavy atom. The van der Waals surface area contributed by atoms with Gasteiger partial charge in [-0.2, -0.15) is 0 Å². The number of rotatable bonds is 5. The molecular formula is C54H35N. The predicted molar refractivity (Wildman–Crippen MR) is 232 cm³/mol. The van der Waals surface area contributed by atoms with Gasteiger partial charge in [-0.25, -0.2) is 0 Å². The third kappa shape index (κ3) is 4.30. The fraction of sp³-hybridized carbons (Fsp3) is 0.0370. The van der Waals surface area contributed by atoms with Gasteiger partial charge in [-0.05, 0) is 118 Å². The quantitative estimate of drug-likeness (QED) is 0.173. The third-order valence-corrected chi connectivity index (χ3v) is 12.3. The first-order valence-corrected chi connectivity index (χ1v) is 19.4. The van der Waals surface area contributed by atoms with Gasteiger partial charge in [-0.3, -0.25) is 0 Å². The molecule has 8 aromatic carbocycles. The van der Waals surface area contributed by atoms with Crippen molar-refractivity contribution >= 4 is 38.5 Å². The summed E-state index contributed by atoms with van der Waals surface area (Å²) in [5.41, 5.74) is 19.8. The minimum absolute atomic E-state index is 0.0563. The summed E-state index contributed by atoms with van der Waals surface area (Å²) < 4.78 is 0. The fourth-order valence-corrected chi connectivity index (χ4v) is 10.2. The Labute approximate surface area is 321 Å². The highest BCUT2D eigenvalue weighted by molar-refractivity contribution is 6.29. The lowest BCUT2D eigenvalue weighted by Crippen LogP contribution is -2.35. The molecule has 0 radical (unpaired) electrons. The molecule has 4 aliphatic carbocycles. The molecule has 0 heterocycles. The summed E-state index contributed by atoms with van der Waals surface area (Å²) in [6.07, 6.45) is 12.0. The second-order valence-electron chi connectivity index (χ2n) is 15.0. The topological polar surface area (TPSA) is 3.24 Å². The molecule has 2 unspecified atom stereocenters. The van der Waals surface area contributed by atoms with E-state index in [0.29, 0.717) is 0 Å². The average molecular weight is 698 g/mol. The number of para-hydroxylation sites is 2. The average Bonchev–Trinajstić information content (AvgIpc) is 3.59. The number of benzene rings is 8. The SMILES string of the molecule is C1=CC2C3=C(C=CC(N(c4ccccc4)c4ccccc4)C3=C1)c1ccc3c4c(ccc2c14)-c1c-3c(-c2ccccc2)c2ccccc2c1-c1ccccc1. The number of nitrogens with zero attached hydrogens (tertiary/aromatic N) is 1. The molecule has 0 fully saturated rings. The van der Waals surface area contributed by atoms with Crippen LogP contribution in [0.5, 0.6) is 0 Å². The fourth-order valence-electron chi connectivity index (χ4n) is 10.2. The second kappa shape index (κ2) is 11.8. The van der Waals surface area contributed by atoms with Gasteiger partial charge in [0.2, 0.25) is 0 Å². The molecule has 0 aliphatic heterocycles. The van der Waals surface area contributed by atoms with Gasteiger partial charge in [-0.1, -0.05) is 176 Å². The van der Waals surface area contributed by atoms with Crippen LogP contribution in [-0.4, -0.2) is 6.04 Å². The van der Waals surface area contributed by atoms with E-state index < -0.39 is 0 Å². The summed E-state index contributed by atoms with van der Waals surface area (Å²) in [7, 11) is 0. The smallest absolute Gasteiger partial charge is 0.0782 e. The maximum atomic E-state index is 2.49. The number of hydrogen-bond donors (Lipinski definition) is 0. The Hall–Kier alpha value is -6.96.